The molecule has 2 N–H and O–H groups in total. The highest BCUT2D eigenvalue weighted by Gasteiger charge is 2.02. The van der Waals surface area contributed by atoms with E-state index in [1.165, 1.54) is 5.56 Å². The number of aromatic amines is 1. The van der Waals surface area contributed by atoms with Crippen LogP contribution in [0.1, 0.15) is 17.0 Å². The van der Waals surface area contributed by atoms with Crippen molar-refractivity contribution < 1.29 is 0 Å². The minimum atomic E-state index is -0.0775. The van der Waals surface area contributed by atoms with Crippen molar-refractivity contribution in [3.05, 3.63) is 86.6 Å². The molecule has 0 aliphatic heterocycles. The summed E-state index contributed by atoms with van der Waals surface area (Å²) in [4.78, 5) is 22.7. The van der Waals surface area contributed by atoms with E-state index in [2.05, 4.69) is 48.3 Å². The Labute approximate surface area is 148 Å². The number of nitrogens with one attached hydrogen (secondary N) is 2. The van der Waals surface area contributed by atoms with E-state index >= 15 is 0 Å². The van der Waals surface area contributed by atoms with Crippen molar-refractivity contribution in [2.75, 3.05) is 11.9 Å². The minimum Gasteiger partial charge on any atom is -0.370 e. The monoisotopic (exact) mass is 384 g/mol. The molecule has 3 rings (SSSR count). The molecule has 24 heavy (non-hydrogen) atoms. The van der Waals surface area contributed by atoms with Gasteiger partial charge in [-0.3, -0.25) is 4.79 Å². The summed E-state index contributed by atoms with van der Waals surface area (Å²) in [6.45, 7) is 0.707. The van der Waals surface area contributed by atoms with Gasteiger partial charge in [-0.1, -0.05) is 28.1 Å². The first-order valence-corrected chi connectivity index (χ1v) is 8.46. The fourth-order valence-corrected chi connectivity index (χ4v) is 2.61. The number of hydrogen-bond donors (Lipinski definition) is 2. The first kappa shape index (κ1) is 16.4. The lowest BCUT2D eigenvalue weighted by atomic mass is 10.1. The van der Waals surface area contributed by atoms with E-state index < -0.39 is 0 Å². The summed E-state index contributed by atoms with van der Waals surface area (Å²) >= 11 is 3.43. The Kier molecular flexibility index (Phi) is 5.38. The van der Waals surface area contributed by atoms with Crippen LogP contribution < -0.4 is 10.9 Å². The molecule has 1 aromatic carbocycles. The SMILES string of the molecule is O=c1cc(CCNc2ccnc(Cc3ccc(Br)cc3)n2)cc[nH]1. The smallest absolute Gasteiger partial charge is 0.248 e. The molecule has 3 aromatic rings. The summed E-state index contributed by atoms with van der Waals surface area (Å²) in [5.74, 6) is 1.57. The third-order valence-corrected chi connectivity index (χ3v) is 4.07. The van der Waals surface area contributed by atoms with Gasteiger partial charge in [0.15, 0.2) is 0 Å². The van der Waals surface area contributed by atoms with Crippen LogP contribution in [0.15, 0.2) is 64.1 Å². The van der Waals surface area contributed by atoms with Gasteiger partial charge in [-0.15, -0.1) is 0 Å². The van der Waals surface area contributed by atoms with Crippen molar-refractivity contribution >= 4 is 21.7 Å². The van der Waals surface area contributed by atoms with Gasteiger partial charge in [0, 0.05) is 35.9 Å². The van der Waals surface area contributed by atoms with Crippen LogP contribution in [0.2, 0.25) is 0 Å². The van der Waals surface area contributed by atoms with Crippen LogP contribution in [-0.4, -0.2) is 21.5 Å². The van der Waals surface area contributed by atoms with Gasteiger partial charge >= 0.3 is 0 Å². The molecule has 0 saturated heterocycles. The number of H-pyrrole nitrogens is 1. The van der Waals surface area contributed by atoms with E-state index in [1.54, 1.807) is 18.5 Å². The summed E-state index contributed by atoms with van der Waals surface area (Å²) in [5, 5.41) is 3.28. The Morgan fingerprint density at radius 1 is 1.08 bits per heavy atom. The first-order chi connectivity index (χ1) is 11.7. The molecule has 0 saturated carbocycles. The van der Waals surface area contributed by atoms with E-state index in [1.807, 2.05) is 24.3 Å². The normalized spacial score (nSPS) is 10.5. The molecule has 122 valence electrons. The second kappa shape index (κ2) is 7.88. The average Bonchev–Trinajstić information content (AvgIpc) is 2.58. The topological polar surface area (TPSA) is 70.7 Å². The highest BCUT2D eigenvalue weighted by Crippen LogP contribution is 2.13. The van der Waals surface area contributed by atoms with E-state index in [-0.39, 0.29) is 5.56 Å². The van der Waals surface area contributed by atoms with Crippen molar-refractivity contribution in [1.82, 2.24) is 15.0 Å². The highest BCUT2D eigenvalue weighted by molar-refractivity contribution is 9.10. The fourth-order valence-electron chi connectivity index (χ4n) is 2.35. The number of benzene rings is 1. The summed E-state index contributed by atoms with van der Waals surface area (Å²) in [6, 6.07) is 13.5. The molecule has 5 nitrogen and oxygen atoms in total. The zero-order chi connectivity index (χ0) is 16.8. The third kappa shape index (κ3) is 4.76. The molecule has 2 aromatic heterocycles. The van der Waals surface area contributed by atoms with Gasteiger partial charge in [0.1, 0.15) is 11.6 Å². The van der Waals surface area contributed by atoms with E-state index in [0.29, 0.717) is 13.0 Å². The van der Waals surface area contributed by atoms with Gasteiger partial charge in [0.05, 0.1) is 0 Å². The number of rotatable bonds is 6. The van der Waals surface area contributed by atoms with E-state index in [4.69, 9.17) is 0 Å². The van der Waals surface area contributed by atoms with Gasteiger partial charge < -0.3 is 10.3 Å². The molecule has 0 fully saturated rings. The van der Waals surface area contributed by atoms with Crippen LogP contribution in [0.5, 0.6) is 0 Å². The van der Waals surface area contributed by atoms with Crippen LogP contribution in [0, 0.1) is 0 Å². The molecule has 6 heteroatoms. The maximum atomic E-state index is 11.3. The largest absolute Gasteiger partial charge is 0.370 e. The van der Waals surface area contributed by atoms with Crippen LogP contribution in [0.3, 0.4) is 0 Å². The Morgan fingerprint density at radius 2 is 1.92 bits per heavy atom. The zero-order valence-electron chi connectivity index (χ0n) is 13.0. The van der Waals surface area contributed by atoms with Crippen molar-refractivity contribution in [3.63, 3.8) is 0 Å². The second-order valence-corrected chi connectivity index (χ2v) is 6.31. The third-order valence-electron chi connectivity index (χ3n) is 3.54. The highest BCUT2D eigenvalue weighted by atomic mass is 79.9. The summed E-state index contributed by atoms with van der Waals surface area (Å²) in [6.07, 6.45) is 4.88. The maximum absolute atomic E-state index is 11.3. The summed E-state index contributed by atoms with van der Waals surface area (Å²) in [7, 11) is 0. The number of halogens is 1. The van der Waals surface area contributed by atoms with Crippen molar-refractivity contribution in [2.24, 2.45) is 0 Å². The summed E-state index contributed by atoms with van der Waals surface area (Å²) < 4.78 is 1.06. The number of aromatic nitrogens is 3. The quantitative estimate of drug-likeness (QED) is 0.684. The van der Waals surface area contributed by atoms with Gasteiger partial charge in [0.25, 0.3) is 0 Å². The molecular formula is C18H17BrN4O. The first-order valence-electron chi connectivity index (χ1n) is 7.67. The molecule has 2 heterocycles. The molecule has 0 atom stereocenters. The molecule has 0 radical (unpaired) electrons. The number of pyridine rings is 1. The zero-order valence-corrected chi connectivity index (χ0v) is 14.6. The lowest BCUT2D eigenvalue weighted by Gasteiger charge is -2.07. The second-order valence-electron chi connectivity index (χ2n) is 5.40. The van der Waals surface area contributed by atoms with Gasteiger partial charge in [-0.05, 0) is 41.8 Å². The Morgan fingerprint density at radius 3 is 2.71 bits per heavy atom. The molecule has 0 bridgehead atoms. The predicted molar refractivity (Wildman–Crippen MR) is 98.2 cm³/mol. The predicted octanol–water partition coefficient (Wildman–Crippen LogP) is 3.17. The molecular weight excluding hydrogens is 368 g/mol. The Bertz CT molecular complexity index is 861. The lowest BCUT2D eigenvalue weighted by molar-refractivity contribution is 0.942. The van der Waals surface area contributed by atoms with Crippen molar-refractivity contribution in [3.8, 4) is 0 Å². The Hall–Kier alpha value is -2.47. The maximum Gasteiger partial charge on any atom is 0.248 e. The van der Waals surface area contributed by atoms with Gasteiger partial charge in [-0.2, -0.15) is 0 Å². The van der Waals surface area contributed by atoms with E-state index in [9.17, 15) is 4.79 Å². The van der Waals surface area contributed by atoms with Gasteiger partial charge in [-0.25, -0.2) is 9.97 Å². The lowest BCUT2D eigenvalue weighted by Crippen LogP contribution is -2.10. The fraction of sp³-hybridized carbons (Fsp3) is 0.167. The average molecular weight is 385 g/mol. The van der Waals surface area contributed by atoms with Gasteiger partial charge in [0.2, 0.25) is 5.56 Å². The van der Waals surface area contributed by atoms with Crippen LogP contribution in [0.25, 0.3) is 0 Å². The van der Waals surface area contributed by atoms with Crippen LogP contribution in [-0.2, 0) is 12.8 Å². The number of hydrogen-bond acceptors (Lipinski definition) is 4. The molecule has 0 amide bonds. The van der Waals surface area contributed by atoms with E-state index in [0.717, 1.165) is 28.1 Å². The van der Waals surface area contributed by atoms with Crippen LogP contribution >= 0.6 is 15.9 Å². The minimum absolute atomic E-state index is 0.0775. The molecule has 0 aliphatic rings. The van der Waals surface area contributed by atoms with Crippen molar-refractivity contribution in [2.45, 2.75) is 12.8 Å². The summed E-state index contributed by atoms with van der Waals surface area (Å²) in [5.41, 5.74) is 2.08. The molecule has 0 aliphatic carbocycles. The Balaban J connectivity index is 1.58. The van der Waals surface area contributed by atoms with Crippen LogP contribution in [0.4, 0.5) is 5.82 Å². The standard InChI is InChI=1S/C18H17BrN4O/c19-15-3-1-13(2-4-15)11-17-21-10-7-16(23-17)20-8-5-14-6-9-22-18(24)12-14/h1-4,6-7,9-10,12H,5,8,11H2,(H,22,24)(H,20,21,23). The molecule has 0 spiro atoms. The molecule has 0 unspecified atom stereocenters. The number of anilines is 1. The van der Waals surface area contributed by atoms with Crippen molar-refractivity contribution in [1.29, 1.82) is 0 Å². The number of nitrogens with zero attached hydrogens (tertiary/aromatic N) is 2.